The van der Waals surface area contributed by atoms with Gasteiger partial charge in [0.15, 0.2) is 0 Å². The van der Waals surface area contributed by atoms with Gasteiger partial charge in [-0.2, -0.15) is 0 Å². The maximum Gasteiger partial charge on any atom is 0.430 e. The summed E-state index contributed by atoms with van der Waals surface area (Å²) in [5.74, 6) is 2.52. The summed E-state index contributed by atoms with van der Waals surface area (Å²) in [5.41, 5.74) is 3.31. The number of hydrogen-bond donors (Lipinski definition) is 1. The SMILES string of the molecule is C#CC(Cc1ccccc1)N(NC(=O)OC(C)C)C(=O)OC(C)C. The lowest BCUT2D eigenvalue weighted by Gasteiger charge is -2.28. The third-order valence-corrected chi connectivity index (χ3v) is 2.86. The molecule has 0 aliphatic rings. The number of carbonyl (C=O) groups is 2. The zero-order chi connectivity index (χ0) is 18.1. The van der Waals surface area contributed by atoms with E-state index in [9.17, 15) is 9.59 Å². The van der Waals surface area contributed by atoms with Crippen LogP contribution in [0.2, 0.25) is 0 Å². The van der Waals surface area contributed by atoms with E-state index in [1.165, 1.54) is 0 Å². The van der Waals surface area contributed by atoms with Gasteiger partial charge in [-0.3, -0.25) is 0 Å². The average molecular weight is 332 g/mol. The molecule has 0 aromatic heterocycles. The second-order valence-corrected chi connectivity index (χ2v) is 5.74. The van der Waals surface area contributed by atoms with Crippen molar-refractivity contribution < 1.29 is 19.1 Å². The monoisotopic (exact) mass is 332 g/mol. The molecule has 6 heteroatoms. The number of nitrogens with zero attached hydrogens (tertiary/aromatic N) is 1. The summed E-state index contributed by atoms with van der Waals surface area (Å²) >= 11 is 0. The lowest BCUT2D eigenvalue weighted by atomic mass is 10.1. The summed E-state index contributed by atoms with van der Waals surface area (Å²) < 4.78 is 10.2. The van der Waals surface area contributed by atoms with Crippen molar-refractivity contribution in [1.82, 2.24) is 10.4 Å². The fraction of sp³-hybridized carbons (Fsp3) is 0.444. The minimum Gasteiger partial charge on any atom is -0.446 e. The summed E-state index contributed by atoms with van der Waals surface area (Å²) in [6.07, 6.45) is 3.77. The van der Waals surface area contributed by atoms with Crippen molar-refractivity contribution in [3.05, 3.63) is 35.9 Å². The van der Waals surface area contributed by atoms with Crippen molar-refractivity contribution in [3.8, 4) is 12.3 Å². The maximum atomic E-state index is 12.3. The Hall–Kier alpha value is -2.68. The Kier molecular flexibility index (Phi) is 7.63. The van der Waals surface area contributed by atoms with Crippen molar-refractivity contribution in [3.63, 3.8) is 0 Å². The molecule has 0 saturated carbocycles. The standard InChI is InChI=1S/C18H24N2O4/c1-6-16(12-15-10-8-7-9-11-15)20(18(22)24-14(4)5)19-17(21)23-13(2)3/h1,7-11,13-14,16H,12H2,2-5H3,(H,19,21). The quantitative estimate of drug-likeness (QED) is 0.664. The first kappa shape index (κ1) is 19.4. The Morgan fingerprint density at radius 2 is 1.71 bits per heavy atom. The average Bonchev–Trinajstić information content (AvgIpc) is 2.50. The van der Waals surface area contributed by atoms with E-state index in [0.717, 1.165) is 10.6 Å². The van der Waals surface area contributed by atoms with Gasteiger partial charge in [-0.05, 0) is 33.3 Å². The largest absolute Gasteiger partial charge is 0.446 e. The van der Waals surface area contributed by atoms with Gasteiger partial charge in [0.25, 0.3) is 0 Å². The molecule has 1 N–H and O–H groups in total. The van der Waals surface area contributed by atoms with E-state index in [0.29, 0.717) is 6.42 Å². The molecule has 1 atom stereocenters. The van der Waals surface area contributed by atoms with Crippen molar-refractivity contribution in [2.75, 3.05) is 0 Å². The van der Waals surface area contributed by atoms with Crippen LogP contribution in [0.1, 0.15) is 33.3 Å². The second-order valence-electron chi connectivity index (χ2n) is 5.74. The third-order valence-electron chi connectivity index (χ3n) is 2.86. The molecule has 24 heavy (non-hydrogen) atoms. The molecule has 2 amide bonds. The predicted octanol–water partition coefficient (Wildman–Crippen LogP) is 3.13. The van der Waals surface area contributed by atoms with Crippen molar-refractivity contribution in [1.29, 1.82) is 0 Å². The van der Waals surface area contributed by atoms with E-state index in [1.54, 1.807) is 27.7 Å². The van der Waals surface area contributed by atoms with Crippen LogP contribution in [0.15, 0.2) is 30.3 Å². The fourth-order valence-corrected chi connectivity index (χ4v) is 1.91. The molecule has 1 aromatic carbocycles. The number of hydrogen-bond acceptors (Lipinski definition) is 4. The molecular weight excluding hydrogens is 308 g/mol. The number of benzene rings is 1. The van der Waals surface area contributed by atoms with Crippen LogP contribution >= 0.6 is 0 Å². The van der Waals surface area contributed by atoms with E-state index in [2.05, 4.69) is 11.3 Å². The van der Waals surface area contributed by atoms with Crippen LogP contribution in [0.4, 0.5) is 9.59 Å². The molecule has 1 unspecified atom stereocenters. The molecule has 1 rings (SSSR count). The van der Waals surface area contributed by atoms with Crippen LogP contribution in [0, 0.1) is 12.3 Å². The van der Waals surface area contributed by atoms with Crippen LogP contribution in [0.5, 0.6) is 0 Å². The molecule has 0 saturated heterocycles. The predicted molar refractivity (Wildman–Crippen MR) is 91.0 cm³/mol. The maximum absolute atomic E-state index is 12.3. The van der Waals surface area contributed by atoms with Gasteiger partial charge in [0, 0.05) is 6.42 Å². The number of nitrogens with one attached hydrogen (secondary N) is 1. The van der Waals surface area contributed by atoms with Crippen LogP contribution in [-0.2, 0) is 15.9 Å². The summed E-state index contributed by atoms with van der Waals surface area (Å²) in [6.45, 7) is 6.84. The van der Waals surface area contributed by atoms with Gasteiger partial charge in [0.1, 0.15) is 6.04 Å². The Labute approximate surface area is 143 Å². The number of ether oxygens (including phenoxy) is 2. The Bertz CT molecular complexity index is 578. The van der Waals surface area contributed by atoms with Gasteiger partial charge in [0.2, 0.25) is 0 Å². The fourth-order valence-electron chi connectivity index (χ4n) is 1.91. The molecule has 130 valence electrons. The summed E-state index contributed by atoms with van der Waals surface area (Å²) in [6, 6.07) is 8.71. The Balaban J connectivity index is 2.93. The highest BCUT2D eigenvalue weighted by Crippen LogP contribution is 2.10. The molecule has 6 nitrogen and oxygen atoms in total. The molecule has 1 aromatic rings. The van der Waals surface area contributed by atoms with Gasteiger partial charge in [-0.15, -0.1) is 6.42 Å². The van der Waals surface area contributed by atoms with E-state index in [4.69, 9.17) is 15.9 Å². The number of amides is 2. The summed E-state index contributed by atoms with van der Waals surface area (Å²) in [4.78, 5) is 24.2. The van der Waals surface area contributed by atoms with Gasteiger partial charge >= 0.3 is 12.2 Å². The van der Waals surface area contributed by atoms with Gasteiger partial charge in [-0.1, -0.05) is 36.3 Å². The van der Waals surface area contributed by atoms with Crippen LogP contribution in [0.25, 0.3) is 0 Å². The minimum atomic E-state index is -0.765. The first-order chi connectivity index (χ1) is 11.3. The first-order valence-corrected chi connectivity index (χ1v) is 7.80. The lowest BCUT2D eigenvalue weighted by molar-refractivity contribution is 0.0394. The van der Waals surface area contributed by atoms with Crippen LogP contribution < -0.4 is 5.43 Å². The number of hydrazine groups is 1. The van der Waals surface area contributed by atoms with Gasteiger partial charge < -0.3 is 9.47 Å². The molecule has 0 heterocycles. The zero-order valence-electron chi connectivity index (χ0n) is 14.5. The molecular formula is C18H24N2O4. The smallest absolute Gasteiger partial charge is 0.430 e. The van der Waals surface area contributed by atoms with E-state index >= 15 is 0 Å². The molecule has 0 aliphatic carbocycles. The van der Waals surface area contributed by atoms with Crippen LogP contribution in [0.3, 0.4) is 0 Å². The first-order valence-electron chi connectivity index (χ1n) is 7.80. The molecule has 0 spiro atoms. The van der Waals surface area contributed by atoms with Crippen molar-refractivity contribution >= 4 is 12.2 Å². The van der Waals surface area contributed by atoms with E-state index in [-0.39, 0.29) is 12.2 Å². The molecule has 0 aliphatic heterocycles. The normalized spacial score (nSPS) is 11.5. The highest BCUT2D eigenvalue weighted by Gasteiger charge is 2.27. The van der Waals surface area contributed by atoms with E-state index in [1.807, 2.05) is 30.3 Å². The van der Waals surface area contributed by atoms with Crippen molar-refractivity contribution in [2.24, 2.45) is 0 Å². The second kappa shape index (κ2) is 9.46. The topological polar surface area (TPSA) is 67.9 Å². The highest BCUT2D eigenvalue weighted by atomic mass is 16.6. The molecule has 0 fully saturated rings. The third kappa shape index (κ3) is 6.61. The van der Waals surface area contributed by atoms with Gasteiger partial charge in [-0.25, -0.2) is 20.0 Å². The van der Waals surface area contributed by atoms with Crippen LogP contribution in [-0.4, -0.2) is 35.4 Å². The highest BCUT2D eigenvalue weighted by molar-refractivity contribution is 5.74. The van der Waals surface area contributed by atoms with Crippen molar-refractivity contribution in [2.45, 2.75) is 52.4 Å². The summed E-state index contributed by atoms with van der Waals surface area (Å²) in [7, 11) is 0. The lowest BCUT2D eigenvalue weighted by Crippen LogP contribution is -2.53. The Morgan fingerprint density at radius 1 is 1.12 bits per heavy atom. The number of carbonyl (C=O) groups excluding carboxylic acids is 2. The molecule has 0 bridgehead atoms. The molecule has 0 radical (unpaired) electrons. The minimum absolute atomic E-state index is 0.327. The number of terminal acetylenes is 1. The van der Waals surface area contributed by atoms with E-state index < -0.39 is 18.2 Å². The summed E-state index contributed by atoms with van der Waals surface area (Å²) in [5, 5.41) is 0.998. The van der Waals surface area contributed by atoms with Gasteiger partial charge in [0.05, 0.1) is 12.2 Å². The number of rotatable bonds is 5. The zero-order valence-corrected chi connectivity index (χ0v) is 14.5. The Morgan fingerprint density at radius 3 is 2.21 bits per heavy atom.